The lowest BCUT2D eigenvalue weighted by molar-refractivity contribution is 0.590. The zero-order valence-electron chi connectivity index (χ0n) is 70.4. The number of nitrogens with zero attached hydrogens (tertiary/aromatic N) is 6. The van der Waals surface area contributed by atoms with Crippen molar-refractivity contribution in [1.82, 2.24) is 9.13 Å². The first-order valence-corrected chi connectivity index (χ1v) is 43.1. The fraction of sp³-hybridized carbons (Fsp3) is 0.0678. The van der Waals surface area contributed by atoms with Gasteiger partial charge in [-0.3, -0.25) is 0 Å². The topological polar surface area (TPSA) is 44.5 Å². The predicted octanol–water partition coefficient (Wildman–Crippen LogP) is 30.0. The maximum atomic E-state index is 10.4. The molecule has 0 spiro atoms. The van der Waals surface area contributed by atoms with Crippen molar-refractivity contribution in [3.63, 3.8) is 0 Å². The lowest BCUT2D eigenvalue weighted by Gasteiger charge is -2.46. The zero-order chi connectivity index (χ0) is 84.3. The Morgan fingerprint density at radius 2 is 0.584 bits per heavy atom. The second-order valence-corrected chi connectivity index (χ2v) is 35.4. The van der Waals surface area contributed by atoms with Crippen molar-refractivity contribution in [1.29, 1.82) is 5.26 Å². The summed E-state index contributed by atoms with van der Waals surface area (Å²) in [7, 11) is 0. The van der Waals surface area contributed by atoms with Gasteiger partial charge in [0.1, 0.15) is 0 Å². The van der Waals surface area contributed by atoms with Gasteiger partial charge in [0, 0.05) is 77.9 Å². The minimum atomic E-state index is -0.394. The Hall–Kier alpha value is -15.8. The average molecular weight is 1600 g/mol. The summed E-state index contributed by atoms with van der Waals surface area (Å²) in [4.78, 5) is 9.33. The van der Waals surface area contributed by atoms with Crippen LogP contribution in [0.2, 0.25) is 0 Å². The number of hydrogen-bond donors (Lipinski definition) is 0. The predicted molar refractivity (Wildman–Crippen MR) is 526 cm³/mol. The number of aromatic nitrogens is 2. The van der Waals surface area contributed by atoms with E-state index in [4.69, 9.17) is 6.57 Å². The highest BCUT2D eigenvalue weighted by Gasteiger charge is 2.46. The van der Waals surface area contributed by atoms with Crippen LogP contribution in [0, 0.1) is 17.9 Å². The number of hydrogen-bond acceptors (Lipinski definition) is 3. The number of nitriles is 1. The van der Waals surface area contributed by atoms with E-state index in [1.165, 1.54) is 32.7 Å². The van der Waals surface area contributed by atoms with Gasteiger partial charge in [-0.15, -0.1) is 0 Å². The normalized spacial score (nSPS) is 12.3. The smallest absolute Gasteiger partial charge is 0.252 e. The van der Waals surface area contributed by atoms with Gasteiger partial charge >= 0.3 is 0 Å². The van der Waals surface area contributed by atoms with Crippen LogP contribution >= 0.6 is 0 Å². The van der Waals surface area contributed by atoms with Gasteiger partial charge in [-0.25, -0.2) is 4.85 Å². The Balaban J connectivity index is 0.944. The number of para-hydroxylation sites is 4. The Morgan fingerprint density at radius 3 is 0.952 bits per heavy atom. The van der Waals surface area contributed by atoms with E-state index in [9.17, 15) is 5.26 Å². The quantitative estimate of drug-likeness (QED) is 0.0854. The van der Waals surface area contributed by atoms with Crippen LogP contribution in [0.5, 0.6) is 0 Å². The van der Waals surface area contributed by atoms with Gasteiger partial charge in [-0.1, -0.05) is 339 Å². The molecule has 0 N–H and O–H groups in total. The standard InChI is InChI=1S/C118H85BN6/c1-117(2,3)91-41-27-39-86(65-91)102-69-88(80-53-51-76(75-120)52-54-80)67-100(84-37-25-35-82(63-84)77-29-11-8-12-30-77)115(102)124-110-73-94(122-106-47-21-17-43-96(106)97-44-18-22-48-107(97)122)59-61-104(110)119-105-62-60-95(123-108-49-23-19-45-98(108)99-46-20-24-50-109(99)123)74-111(105)125(113-72-90(71-112(124)114(113)119)79-33-15-10-16-34-79)116-101(85-38-26-36-83(64-85)78-31-13-9-14-32-78)68-89(81-55-57-93(121-7)58-56-81)70-103(116)87-40-28-42-92(66-87)118(4,5)6/h8-74H,1-6H3. The largest absolute Gasteiger partial charge is 0.310 e. The van der Waals surface area contributed by atoms with Crippen molar-refractivity contribution < 1.29 is 0 Å². The fourth-order valence-corrected chi connectivity index (χ4v) is 19.7. The van der Waals surface area contributed by atoms with Gasteiger partial charge in [0.25, 0.3) is 6.71 Å². The van der Waals surface area contributed by atoms with E-state index in [-0.39, 0.29) is 10.8 Å². The third kappa shape index (κ3) is 13.0. The van der Waals surface area contributed by atoms with Crippen LogP contribution in [-0.2, 0) is 10.8 Å². The molecule has 7 heteroatoms. The molecule has 590 valence electrons. The van der Waals surface area contributed by atoms with Crippen LogP contribution in [-0.4, -0.2) is 15.8 Å². The van der Waals surface area contributed by atoms with Gasteiger partial charge in [-0.2, -0.15) is 5.26 Å². The molecule has 0 atom stereocenters. The van der Waals surface area contributed by atoms with E-state index in [1.54, 1.807) is 0 Å². The van der Waals surface area contributed by atoms with Crippen LogP contribution in [0.1, 0.15) is 58.2 Å². The fourth-order valence-electron chi connectivity index (χ4n) is 19.7. The average Bonchev–Trinajstić information content (AvgIpc) is 1.25. The zero-order valence-corrected chi connectivity index (χ0v) is 70.4. The Kier molecular flexibility index (Phi) is 18.2. The molecule has 125 heavy (non-hydrogen) atoms. The summed E-state index contributed by atoms with van der Waals surface area (Å²) in [5.74, 6) is 0. The molecule has 2 aliphatic rings. The molecule has 2 aromatic heterocycles. The van der Waals surface area contributed by atoms with Crippen LogP contribution in [0.4, 0.5) is 39.8 Å². The van der Waals surface area contributed by atoms with Gasteiger partial charge in [0.05, 0.1) is 51.6 Å². The minimum absolute atomic E-state index is 0.228. The van der Waals surface area contributed by atoms with Gasteiger partial charge in [0.15, 0.2) is 5.69 Å². The summed E-state index contributed by atoms with van der Waals surface area (Å²) in [6, 6.07) is 153. The minimum Gasteiger partial charge on any atom is -0.310 e. The number of fused-ring (bicyclic) bond motifs is 10. The lowest BCUT2D eigenvalue weighted by atomic mass is 9.33. The third-order valence-corrected chi connectivity index (χ3v) is 25.8. The molecule has 0 saturated carbocycles. The van der Waals surface area contributed by atoms with Crippen LogP contribution in [0.25, 0.3) is 160 Å². The number of anilines is 6. The van der Waals surface area contributed by atoms with Crippen LogP contribution in [0.3, 0.4) is 0 Å². The summed E-state index contributed by atoms with van der Waals surface area (Å²) in [5, 5.41) is 15.2. The molecule has 0 amide bonds. The summed E-state index contributed by atoms with van der Waals surface area (Å²) in [6.45, 7) is 21.7. The first-order valence-electron chi connectivity index (χ1n) is 43.1. The Bertz CT molecular complexity index is 7270. The third-order valence-electron chi connectivity index (χ3n) is 25.8. The van der Waals surface area contributed by atoms with E-state index in [0.717, 1.165) is 184 Å². The number of rotatable bonds is 13. The maximum absolute atomic E-state index is 10.4. The van der Waals surface area contributed by atoms with Crippen molar-refractivity contribution in [3.05, 3.63) is 435 Å². The van der Waals surface area contributed by atoms with E-state index in [0.29, 0.717) is 11.3 Å². The molecule has 4 heterocycles. The molecule has 18 aromatic carbocycles. The molecule has 0 fully saturated rings. The van der Waals surface area contributed by atoms with Crippen LogP contribution < -0.4 is 26.2 Å². The van der Waals surface area contributed by atoms with Gasteiger partial charge in [-0.05, 0) is 225 Å². The van der Waals surface area contributed by atoms with Gasteiger partial charge in [0.2, 0.25) is 0 Å². The van der Waals surface area contributed by atoms with Crippen molar-refractivity contribution >= 4 is 107 Å². The molecule has 6 nitrogen and oxygen atoms in total. The van der Waals surface area contributed by atoms with Crippen molar-refractivity contribution in [3.8, 4) is 118 Å². The molecule has 22 rings (SSSR count). The van der Waals surface area contributed by atoms with Gasteiger partial charge < -0.3 is 18.9 Å². The van der Waals surface area contributed by atoms with Crippen molar-refractivity contribution in [2.45, 2.75) is 52.4 Å². The summed E-state index contributed by atoms with van der Waals surface area (Å²) in [6.07, 6.45) is 0. The molecule has 0 unspecified atom stereocenters. The maximum Gasteiger partial charge on any atom is 0.252 e. The highest BCUT2D eigenvalue weighted by molar-refractivity contribution is 7.00. The Labute approximate surface area is 730 Å². The summed E-state index contributed by atoms with van der Waals surface area (Å²) in [5.41, 5.74) is 38.2. The monoisotopic (exact) mass is 1600 g/mol. The van der Waals surface area contributed by atoms with E-state index < -0.39 is 6.71 Å². The molecule has 0 saturated heterocycles. The molecular formula is C118H85BN6. The highest BCUT2D eigenvalue weighted by atomic mass is 15.2. The molecule has 2 aliphatic heterocycles. The number of benzene rings is 18. The lowest BCUT2D eigenvalue weighted by Crippen LogP contribution is -2.61. The molecule has 20 aromatic rings. The second-order valence-electron chi connectivity index (χ2n) is 35.4. The van der Waals surface area contributed by atoms with Crippen molar-refractivity contribution in [2.24, 2.45) is 0 Å². The van der Waals surface area contributed by atoms with Crippen LogP contribution in [0.15, 0.2) is 406 Å². The highest BCUT2D eigenvalue weighted by Crippen LogP contribution is 2.57. The molecule has 0 aliphatic carbocycles. The summed E-state index contributed by atoms with van der Waals surface area (Å²) < 4.78 is 4.97. The van der Waals surface area contributed by atoms with E-state index >= 15 is 0 Å². The first kappa shape index (κ1) is 75.4. The molecular weight excluding hydrogens is 1510 g/mol. The molecule has 0 radical (unpaired) electrons. The second kappa shape index (κ2) is 30.1. The van der Waals surface area contributed by atoms with E-state index in [1.807, 2.05) is 24.3 Å². The SMILES string of the molecule is [C-]#[N+]c1ccc(-c2cc(-c3cccc(-c4ccccc4)c3)c(N3c4cc(-n5c6ccccc6c6ccccc65)ccc4B4c5ccc(-n6c7ccccc7c7ccccc76)cc5N(c5c(-c6cccc(-c7ccccc7)c6)cc(-c6ccc(C#N)cc6)cc5-c5cccc(C(C)(C)C)c5)c5cc(-c6ccccc6)cc3c54)c(-c3cccc(C(C)(C)C)c3)c2)cc1. The Morgan fingerprint density at radius 1 is 0.272 bits per heavy atom. The van der Waals surface area contributed by atoms with E-state index in [2.05, 4.69) is 454 Å². The van der Waals surface area contributed by atoms with Crippen molar-refractivity contribution in [2.75, 3.05) is 9.80 Å². The molecule has 0 bridgehead atoms. The first-order chi connectivity index (χ1) is 61.2. The summed E-state index contributed by atoms with van der Waals surface area (Å²) >= 11 is 0.